The molecule has 0 fully saturated rings. The molecule has 1 aromatic carbocycles. The van der Waals surface area contributed by atoms with Crippen molar-refractivity contribution in [2.24, 2.45) is 15.7 Å². The van der Waals surface area contributed by atoms with E-state index in [0.29, 0.717) is 13.2 Å². The summed E-state index contributed by atoms with van der Waals surface area (Å²) in [6.07, 6.45) is 0. The Bertz CT molecular complexity index is 419. The van der Waals surface area contributed by atoms with Crippen molar-refractivity contribution in [3.8, 4) is 0 Å². The smallest absolute Gasteiger partial charge is 0.250 e. The van der Waals surface area contributed by atoms with Crippen LogP contribution in [-0.2, 0) is 9.68 Å². The maximum Gasteiger partial charge on any atom is 0.250 e. The first-order valence-electron chi connectivity index (χ1n) is 5.99. The van der Waals surface area contributed by atoms with Gasteiger partial charge in [0.15, 0.2) is 0 Å². The molecule has 1 aromatic rings. The molecule has 0 amide bonds. The van der Waals surface area contributed by atoms with Crippen LogP contribution in [0.4, 0.5) is 5.69 Å². The molecule has 0 unspecified atom stereocenters. The van der Waals surface area contributed by atoms with Gasteiger partial charge in [0, 0.05) is 0 Å². The quantitative estimate of drug-likeness (QED) is 0.420. The summed E-state index contributed by atoms with van der Waals surface area (Å²) in [5.74, 6) is 0.321. The Hall–Kier alpha value is -2.12. The molecule has 0 spiro atoms. The van der Waals surface area contributed by atoms with Crippen LogP contribution in [-0.4, -0.2) is 25.1 Å². The van der Waals surface area contributed by atoms with Crippen molar-refractivity contribution < 1.29 is 9.68 Å². The first kappa shape index (κ1) is 14.9. The number of hydroxylamine groups is 2. The van der Waals surface area contributed by atoms with E-state index in [9.17, 15) is 0 Å². The van der Waals surface area contributed by atoms with E-state index in [0.717, 1.165) is 5.69 Å². The van der Waals surface area contributed by atoms with Crippen LogP contribution in [0.1, 0.15) is 13.8 Å². The summed E-state index contributed by atoms with van der Waals surface area (Å²) in [6.45, 7) is 4.62. The third-order valence-corrected chi connectivity index (χ3v) is 1.85. The molecule has 4 N–H and O–H groups in total. The molecule has 0 heterocycles. The van der Waals surface area contributed by atoms with Gasteiger partial charge in [-0.2, -0.15) is 4.99 Å². The summed E-state index contributed by atoms with van der Waals surface area (Å²) in [7, 11) is 0. The summed E-state index contributed by atoms with van der Waals surface area (Å²) < 4.78 is 0. The third-order valence-electron chi connectivity index (χ3n) is 1.85. The number of hydrogen-bond acceptors (Lipinski definition) is 3. The second kappa shape index (κ2) is 8.90. The Morgan fingerprint density at radius 2 is 1.74 bits per heavy atom. The Balaban J connectivity index is 2.79. The van der Waals surface area contributed by atoms with Crippen LogP contribution in [0.3, 0.4) is 0 Å². The van der Waals surface area contributed by atoms with Crippen molar-refractivity contribution in [2.45, 2.75) is 13.8 Å². The van der Waals surface area contributed by atoms with Crippen molar-refractivity contribution in [1.82, 2.24) is 11.0 Å². The summed E-state index contributed by atoms with van der Waals surface area (Å²) in [4.78, 5) is 18.3. The lowest BCUT2D eigenvalue weighted by Crippen LogP contribution is -2.34. The van der Waals surface area contributed by atoms with Crippen molar-refractivity contribution in [1.29, 1.82) is 0 Å². The predicted octanol–water partition coefficient (Wildman–Crippen LogP) is 1.07. The molecular formula is C12H19N5O2. The minimum Gasteiger partial charge on any atom is -0.368 e. The zero-order chi connectivity index (χ0) is 13.9. The number of benzene rings is 1. The Morgan fingerprint density at radius 1 is 1.11 bits per heavy atom. The molecule has 1 rings (SSSR count). The fraction of sp³-hybridized carbons (Fsp3) is 0.333. The number of para-hydroxylation sites is 1. The Kier molecular flexibility index (Phi) is 7.00. The molecule has 0 saturated heterocycles. The van der Waals surface area contributed by atoms with Crippen LogP contribution < -0.4 is 16.7 Å². The molecule has 0 aromatic heterocycles. The molecule has 7 heteroatoms. The zero-order valence-electron chi connectivity index (χ0n) is 11.1. The van der Waals surface area contributed by atoms with Gasteiger partial charge in [0.25, 0.3) is 5.96 Å². The first-order chi connectivity index (χ1) is 9.26. The number of rotatable bonds is 5. The zero-order valence-corrected chi connectivity index (χ0v) is 11.1. The second-order valence-electron chi connectivity index (χ2n) is 3.34. The van der Waals surface area contributed by atoms with E-state index in [1.807, 2.05) is 44.2 Å². The Labute approximate surface area is 112 Å². The highest BCUT2D eigenvalue weighted by Crippen LogP contribution is 2.09. The van der Waals surface area contributed by atoms with E-state index in [1.54, 1.807) is 0 Å². The first-order valence-corrected chi connectivity index (χ1v) is 5.99. The van der Waals surface area contributed by atoms with Gasteiger partial charge >= 0.3 is 0 Å². The molecule has 19 heavy (non-hydrogen) atoms. The fourth-order valence-electron chi connectivity index (χ4n) is 1.12. The molecular weight excluding hydrogens is 246 g/mol. The van der Waals surface area contributed by atoms with Gasteiger partial charge in [-0.25, -0.2) is 16.0 Å². The lowest BCUT2D eigenvalue weighted by atomic mass is 10.3. The van der Waals surface area contributed by atoms with Crippen molar-refractivity contribution in [2.75, 3.05) is 13.2 Å². The van der Waals surface area contributed by atoms with Gasteiger partial charge in [-0.15, -0.1) is 0 Å². The number of nitrogens with zero attached hydrogens (tertiary/aromatic N) is 2. The number of nitrogens with two attached hydrogens (primary N) is 1. The third kappa shape index (κ3) is 6.39. The molecule has 0 radical (unpaired) electrons. The summed E-state index contributed by atoms with van der Waals surface area (Å²) >= 11 is 0. The van der Waals surface area contributed by atoms with E-state index in [2.05, 4.69) is 20.9 Å². The normalized spacial score (nSPS) is 12.3. The van der Waals surface area contributed by atoms with E-state index in [4.69, 9.17) is 15.4 Å². The van der Waals surface area contributed by atoms with Gasteiger partial charge in [0.05, 0.1) is 18.9 Å². The summed E-state index contributed by atoms with van der Waals surface area (Å²) in [6, 6.07) is 9.35. The van der Waals surface area contributed by atoms with Gasteiger partial charge in [0.2, 0.25) is 5.96 Å². The largest absolute Gasteiger partial charge is 0.368 e. The minimum absolute atomic E-state index is 0.0868. The average molecular weight is 265 g/mol. The summed E-state index contributed by atoms with van der Waals surface area (Å²) in [5.41, 5.74) is 11.4. The highest BCUT2D eigenvalue weighted by Gasteiger charge is 1.99. The number of guanidine groups is 2. The number of aliphatic imine (C=N–C) groups is 2. The lowest BCUT2D eigenvalue weighted by Gasteiger charge is -2.07. The molecule has 104 valence electrons. The fourth-order valence-corrected chi connectivity index (χ4v) is 1.12. The van der Waals surface area contributed by atoms with Gasteiger partial charge < -0.3 is 5.73 Å². The van der Waals surface area contributed by atoms with Crippen LogP contribution in [0.15, 0.2) is 40.3 Å². The standard InChI is InChI=1S/C12H19N5O2/c1-3-18-16-11(13)15-12(17-19-4-2)14-10-8-6-5-7-9-10/h5-9H,3-4H2,1-2H3,(H4,13,14,15,16,17). The topological polar surface area (TPSA) is 93.3 Å². The van der Waals surface area contributed by atoms with E-state index >= 15 is 0 Å². The van der Waals surface area contributed by atoms with Crippen LogP contribution in [0, 0.1) is 0 Å². The average Bonchev–Trinajstić information content (AvgIpc) is 2.43. The number of hydrogen-bond donors (Lipinski definition) is 3. The molecule has 0 saturated carbocycles. The van der Waals surface area contributed by atoms with Crippen molar-refractivity contribution in [3.05, 3.63) is 30.3 Å². The van der Waals surface area contributed by atoms with E-state index in [-0.39, 0.29) is 11.9 Å². The second-order valence-corrected chi connectivity index (χ2v) is 3.34. The number of nitrogens with one attached hydrogen (secondary N) is 2. The van der Waals surface area contributed by atoms with Gasteiger partial charge in [-0.05, 0) is 26.0 Å². The van der Waals surface area contributed by atoms with Crippen LogP contribution >= 0.6 is 0 Å². The van der Waals surface area contributed by atoms with Crippen molar-refractivity contribution in [3.63, 3.8) is 0 Å². The Morgan fingerprint density at radius 3 is 2.37 bits per heavy atom. The molecule has 7 nitrogen and oxygen atoms in total. The van der Waals surface area contributed by atoms with Crippen LogP contribution in [0.25, 0.3) is 0 Å². The monoisotopic (exact) mass is 265 g/mol. The molecule has 0 aliphatic carbocycles. The van der Waals surface area contributed by atoms with Gasteiger partial charge in [-0.1, -0.05) is 18.2 Å². The minimum atomic E-state index is 0.0868. The lowest BCUT2D eigenvalue weighted by molar-refractivity contribution is 0.0929. The SMILES string of the molecule is CCONC(N)=NC(=Nc1ccccc1)NOCC. The van der Waals surface area contributed by atoms with E-state index in [1.165, 1.54) is 0 Å². The maximum atomic E-state index is 5.62. The van der Waals surface area contributed by atoms with Gasteiger partial charge in [0.1, 0.15) is 0 Å². The van der Waals surface area contributed by atoms with E-state index < -0.39 is 0 Å². The highest BCUT2D eigenvalue weighted by molar-refractivity contribution is 5.94. The maximum absolute atomic E-state index is 5.62. The predicted molar refractivity (Wildman–Crippen MR) is 74.7 cm³/mol. The molecule has 0 aliphatic rings. The molecule has 0 bridgehead atoms. The van der Waals surface area contributed by atoms with Crippen molar-refractivity contribution >= 4 is 17.6 Å². The van der Waals surface area contributed by atoms with Gasteiger partial charge in [-0.3, -0.25) is 9.68 Å². The molecule has 0 atom stereocenters. The summed E-state index contributed by atoms with van der Waals surface area (Å²) in [5, 5.41) is 0. The van der Waals surface area contributed by atoms with Crippen LogP contribution in [0.2, 0.25) is 0 Å². The van der Waals surface area contributed by atoms with Crippen LogP contribution in [0.5, 0.6) is 0 Å². The highest BCUT2D eigenvalue weighted by atomic mass is 16.6. The molecule has 0 aliphatic heterocycles.